The lowest BCUT2D eigenvalue weighted by Gasteiger charge is -2.21. The predicted octanol–water partition coefficient (Wildman–Crippen LogP) is 2.86. The molecule has 0 spiro atoms. The first-order valence-corrected chi connectivity index (χ1v) is 8.89. The molecule has 2 heterocycles. The van der Waals surface area contributed by atoms with Crippen molar-refractivity contribution < 1.29 is 9.47 Å². The molecule has 0 aromatic carbocycles. The first-order valence-electron chi connectivity index (χ1n) is 8.89. The van der Waals surface area contributed by atoms with Crippen LogP contribution in [0, 0.1) is 13.8 Å². The molecule has 1 N–H and O–H groups in total. The number of pyridine rings is 1. The van der Waals surface area contributed by atoms with Gasteiger partial charge in [0.25, 0.3) is 12.0 Å². The smallest absolute Gasteiger partial charge is 0.293 e. The lowest BCUT2D eigenvalue weighted by Crippen LogP contribution is -2.38. The van der Waals surface area contributed by atoms with Crippen molar-refractivity contribution in [3.05, 3.63) is 27.7 Å². The van der Waals surface area contributed by atoms with E-state index in [1.165, 1.54) is 12.8 Å². The molecule has 1 aromatic heterocycles. The van der Waals surface area contributed by atoms with Crippen LogP contribution in [0.4, 0.5) is 0 Å². The van der Waals surface area contributed by atoms with Gasteiger partial charge in [-0.2, -0.15) is 0 Å². The van der Waals surface area contributed by atoms with E-state index in [9.17, 15) is 4.79 Å². The Morgan fingerprint density at radius 2 is 2.13 bits per heavy atom. The second kappa shape index (κ2) is 7.05. The Morgan fingerprint density at radius 3 is 2.87 bits per heavy atom. The van der Waals surface area contributed by atoms with Gasteiger partial charge in [-0.1, -0.05) is 26.2 Å². The second-order valence-corrected chi connectivity index (χ2v) is 6.77. The normalized spacial score (nSPS) is 27.0. The average Bonchev–Trinajstić information content (AvgIpc) is 2.95. The Kier molecular flexibility index (Phi) is 5.07. The van der Waals surface area contributed by atoms with Crippen LogP contribution in [0.3, 0.4) is 0 Å². The van der Waals surface area contributed by atoms with Gasteiger partial charge in [0.1, 0.15) is 0 Å². The maximum atomic E-state index is 12.7. The van der Waals surface area contributed by atoms with E-state index in [1.807, 2.05) is 24.5 Å². The summed E-state index contributed by atoms with van der Waals surface area (Å²) in [5.41, 5.74) is 2.04. The van der Waals surface area contributed by atoms with Crippen molar-refractivity contribution in [2.24, 2.45) is 0 Å². The van der Waals surface area contributed by atoms with Crippen LogP contribution in [0.2, 0.25) is 0 Å². The lowest BCUT2D eigenvalue weighted by atomic mass is 9.93. The van der Waals surface area contributed by atoms with Crippen molar-refractivity contribution in [2.45, 2.75) is 84.4 Å². The Balaban J connectivity index is 1.77. The molecule has 23 heavy (non-hydrogen) atoms. The summed E-state index contributed by atoms with van der Waals surface area (Å²) in [6.07, 6.45) is 6.42. The highest BCUT2D eigenvalue weighted by molar-refractivity contribution is 5.29. The Bertz CT molecular complexity index is 597. The minimum Gasteiger partial charge on any atom is -0.445 e. The lowest BCUT2D eigenvalue weighted by molar-refractivity contribution is -0.0866. The number of unbranched alkanes of at least 4 members (excludes halogenated alkanes) is 1. The standard InChI is InChI=1S/C18H28N2O3/c1-4-5-10-20-13(3)12(2)11-16(17(20)21)23-18-19-14-8-6-7-9-15(14)22-18/h11,14-15,18-19H,4-10H2,1-3H3. The maximum absolute atomic E-state index is 12.7. The predicted molar refractivity (Wildman–Crippen MR) is 89.8 cm³/mol. The fraction of sp³-hybridized carbons (Fsp3) is 0.722. The summed E-state index contributed by atoms with van der Waals surface area (Å²) in [4.78, 5) is 12.7. The molecule has 1 aliphatic heterocycles. The number of ether oxygens (including phenoxy) is 2. The van der Waals surface area contributed by atoms with Gasteiger partial charge in [-0.15, -0.1) is 0 Å². The van der Waals surface area contributed by atoms with E-state index in [0.717, 1.165) is 43.5 Å². The zero-order chi connectivity index (χ0) is 16.4. The van der Waals surface area contributed by atoms with E-state index in [-0.39, 0.29) is 11.7 Å². The van der Waals surface area contributed by atoms with Gasteiger partial charge in [-0.05, 0) is 44.7 Å². The largest absolute Gasteiger partial charge is 0.445 e. The molecule has 2 fully saturated rings. The van der Waals surface area contributed by atoms with E-state index in [0.29, 0.717) is 11.8 Å². The number of aromatic nitrogens is 1. The topological polar surface area (TPSA) is 52.5 Å². The summed E-state index contributed by atoms with van der Waals surface area (Å²) in [6, 6.07) is 2.20. The van der Waals surface area contributed by atoms with Gasteiger partial charge in [0.05, 0.1) is 6.10 Å². The van der Waals surface area contributed by atoms with E-state index >= 15 is 0 Å². The summed E-state index contributed by atoms with van der Waals surface area (Å²) in [5.74, 6) is 0.389. The van der Waals surface area contributed by atoms with Gasteiger partial charge in [0.2, 0.25) is 0 Å². The van der Waals surface area contributed by atoms with Crippen molar-refractivity contribution in [2.75, 3.05) is 0 Å². The molecule has 3 unspecified atom stereocenters. The number of hydrogen-bond donors (Lipinski definition) is 1. The van der Waals surface area contributed by atoms with Crippen molar-refractivity contribution in [1.29, 1.82) is 0 Å². The zero-order valence-electron chi connectivity index (χ0n) is 14.4. The van der Waals surface area contributed by atoms with Crippen molar-refractivity contribution in [3.63, 3.8) is 0 Å². The van der Waals surface area contributed by atoms with Gasteiger partial charge >= 0.3 is 0 Å². The zero-order valence-corrected chi connectivity index (χ0v) is 14.4. The summed E-state index contributed by atoms with van der Waals surface area (Å²) in [5, 5.41) is 3.37. The quantitative estimate of drug-likeness (QED) is 0.906. The first kappa shape index (κ1) is 16.5. The molecule has 1 saturated carbocycles. The molecule has 2 aliphatic rings. The molecule has 1 aliphatic carbocycles. The molecular formula is C18H28N2O3. The molecule has 128 valence electrons. The van der Waals surface area contributed by atoms with E-state index in [4.69, 9.17) is 9.47 Å². The molecule has 1 aromatic rings. The summed E-state index contributed by atoms with van der Waals surface area (Å²) < 4.78 is 13.7. The number of aryl methyl sites for hydroxylation is 1. The number of nitrogens with one attached hydrogen (secondary N) is 1. The van der Waals surface area contributed by atoms with Crippen LogP contribution in [0.1, 0.15) is 56.7 Å². The van der Waals surface area contributed by atoms with Gasteiger partial charge in [-0.3, -0.25) is 10.1 Å². The second-order valence-electron chi connectivity index (χ2n) is 6.77. The highest BCUT2D eigenvalue weighted by Crippen LogP contribution is 2.27. The first-order chi connectivity index (χ1) is 11.1. The Morgan fingerprint density at radius 1 is 1.35 bits per heavy atom. The molecule has 0 amide bonds. The molecule has 5 nitrogen and oxygen atoms in total. The number of rotatable bonds is 5. The summed E-state index contributed by atoms with van der Waals surface area (Å²) in [7, 11) is 0. The summed E-state index contributed by atoms with van der Waals surface area (Å²) >= 11 is 0. The van der Waals surface area contributed by atoms with E-state index in [2.05, 4.69) is 12.2 Å². The van der Waals surface area contributed by atoms with Crippen molar-refractivity contribution in [1.82, 2.24) is 9.88 Å². The van der Waals surface area contributed by atoms with Crippen LogP contribution in [0.5, 0.6) is 5.75 Å². The third-order valence-corrected chi connectivity index (χ3v) is 5.10. The van der Waals surface area contributed by atoms with Crippen LogP contribution in [-0.2, 0) is 11.3 Å². The Hall–Kier alpha value is -1.33. The number of nitrogens with zero attached hydrogens (tertiary/aromatic N) is 1. The molecule has 0 bridgehead atoms. The molecule has 5 heteroatoms. The minimum atomic E-state index is -0.502. The highest BCUT2D eigenvalue weighted by Gasteiger charge is 2.37. The van der Waals surface area contributed by atoms with Gasteiger partial charge in [0, 0.05) is 18.3 Å². The highest BCUT2D eigenvalue weighted by atomic mass is 16.7. The third kappa shape index (κ3) is 3.45. The monoisotopic (exact) mass is 320 g/mol. The minimum absolute atomic E-state index is 0.0539. The third-order valence-electron chi connectivity index (χ3n) is 5.10. The van der Waals surface area contributed by atoms with Crippen LogP contribution >= 0.6 is 0 Å². The molecular weight excluding hydrogens is 292 g/mol. The van der Waals surface area contributed by atoms with E-state index < -0.39 is 6.41 Å². The van der Waals surface area contributed by atoms with Crippen LogP contribution < -0.4 is 15.6 Å². The van der Waals surface area contributed by atoms with Crippen LogP contribution in [-0.4, -0.2) is 23.1 Å². The fourth-order valence-corrected chi connectivity index (χ4v) is 3.53. The average molecular weight is 320 g/mol. The fourth-order valence-electron chi connectivity index (χ4n) is 3.53. The van der Waals surface area contributed by atoms with Gasteiger partial charge in [0.15, 0.2) is 5.75 Å². The van der Waals surface area contributed by atoms with Crippen molar-refractivity contribution in [3.8, 4) is 5.75 Å². The number of fused-ring (bicyclic) bond motifs is 1. The van der Waals surface area contributed by atoms with E-state index in [1.54, 1.807) is 0 Å². The number of hydrogen-bond acceptors (Lipinski definition) is 4. The van der Waals surface area contributed by atoms with Crippen LogP contribution in [0.15, 0.2) is 10.9 Å². The molecule has 3 atom stereocenters. The van der Waals surface area contributed by atoms with Gasteiger partial charge < -0.3 is 14.0 Å². The molecule has 3 rings (SSSR count). The maximum Gasteiger partial charge on any atom is 0.293 e. The van der Waals surface area contributed by atoms with Crippen LogP contribution in [0.25, 0.3) is 0 Å². The van der Waals surface area contributed by atoms with Gasteiger partial charge in [-0.25, -0.2) is 0 Å². The SMILES string of the molecule is CCCCn1c(C)c(C)cc(OC2NC3CCCCC3O2)c1=O. The summed E-state index contributed by atoms with van der Waals surface area (Å²) in [6.45, 7) is 6.89. The van der Waals surface area contributed by atoms with Crippen molar-refractivity contribution >= 4 is 0 Å². The Labute approximate surface area is 138 Å². The molecule has 1 saturated heterocycles. The molecule has 0 radical (unpaired) electrons.